The quantitative estimate of drug-likeness (QED) is 0.759. The second-order valence-corrected chi connectivity index (χ2v) is 4.64. The van der Waals surface area contributed by atoms with Gasteiger partial charge in [-0.1, -0.05) is 42.8 Å². The zero-order valence-corrected chi connectivity index (χ0v) is 11.4. The van der Waals surface area contributed by atoms with Crippen LogP contribution in [0.15, 0.2) is 29.8 Å². The lowest BCUT2D eigenvalue weighted by Crippen LogP contribution is -2.15. The fourth-order valence-electron chi connectivity index (χ4n) is 1.39. The third kappa shape index (κ3) is 4.99. The van der Waals surface area contributed by atoms with Crippen LogP contribution in [0.5, 0.6) is 5.75 Å². The Morgan fingerprint density at radius 3 is 2.88 bits per heavy atom. The van der Waals surface area contributed by atoms with E-state index >= 15 is 0 Å². The number of nitrogens with one attached hydrogen (secondary N) is 1. The number of hydrogen-bond donors (Lipinski definition) is 1. The van der Waals surface area contributed by atoms with Crippen LogP contribution < -0.4 is 10.1 Å². The highest BCUT2D eigenvalue weighted by Gasteiger charge is 2.07. The Bertz CT molecular complexity index is 380. The third-order valence-corrected chi connectivity index (χ3v) is 2.65. The van der Waals surface area contributed by atoms with E-state index in [1.807, 2.05) is 18.2 Å². The summed E-state index contributed by atoms with van der Waals surface area (Å²) in [6, 6.07) is 5.60. The van der Waals surface area contributed by atoms with Gasteiger partial charge in [0.05, 0.1) is 0 Å². The van der Waals surface area contributed by atoms with Crippen LogP contribution in [-0.4, -0.2) is 13.2 Å². The van der Waals surface area contributed by atoms with Crippen LogP contribution >= 0.6 is 23.2 Å². The van der Waals surface area contributed by atoms with Crippen LogP contribution in [0.25, 0.3) is 0 Å². The average molecular weight is 274 g/mol. The molecule has 0 saturated heterocycles. The molecule has 0 aromatic heterocycles. The van der Waals surface area contributed by atoms with Gasteiger partial charge in [0.25, 0.3) is 0 Å². The second-order valence-electron chi connectivity index (χ2n) is 3.70. The van der Waals surface area contributed by atoms with Gasteiger partial charge >= 0.3 is 0 Å². The maximum Gasteiger partial charge on any atom is 0.125 e. The summed E-state index contributed by atoms with van der Waals surface area (Å²) in [6.07, 6.45) is 1.08. The molecule has 0 spiro atoms. The highest BCUT2D eigenvalue weighted by molar-refractivity contribution is 6.31. The van der Waals surface area contributed by atoms with E-state index < -0.39 is 0 Å². The lowest BCUT2D eigenvalue weighted by molar-refractivity contribution is 0.354. The highest BCUT2D eigenvalue weighted by atomic mass is 35.5. The van der Waals surface area contributed by atoms with Gasteiger partial charge in [-0.15, -0.1) is 0 Å². The van der Waals surface area contributed by atoms with E-state index in [2.05, 4.69) is 18.8 Å². The van der Waals surface area contributed by atoms with Gasteiger partial charge in [-0.25, -0.2) is 0 Å². The Balaban J connectivity index is 2.73. The first kappa shape index (κ1) is 14.4. The van der Waals surface area contributed by atoms with Gasteiger partial charge in [0, 0.05) is 22.2 Å². The van der Waals surface area contributed by atoms with Crippen LogP contribution in [0, 0.1) is 0 Å². The molecule has 0 heterocycles. The van der Waals surface area contributed by atoms with E-state index in [1.54, 1.807) is 0 Å². The molecule has 0 bridgehead atoms. The number of hydrogen-bond acceptors (Lipinski definition) is 2. The van der Waals surface area contributed by atoms with Crippen LogP contribution in [-0.2, 0) is 6.54 Å². The SMILES string of the molecule is C=C(Cl)COc1cccc(Cl)c1CNCCC. The van der Waals surface area contributed by atoms with E-state index in [-0.39, 0.29) is 0 Å². The van der Waals surface area contributed by atoms with E-state index in [1.165, 1.54) is 0 Å². The summed E-state index contributed by atoms with van der Waals surface area (Å²) >= 11 is 11.8. The zero-order valence-electron chi connectivity index (χ0n) is 9.93. The smallest absolute Gasteiger partial charge is 0.125 e. The van der Waals surface area contributed by atoms with Crippen molar-refractivity contribution in [1.82, 2.24) is 5.32 Å². The summed E-state index contributed by atoms with van der Waals surface area (Å²) in [4.78, 5) is 0. The van der Waals surface area contributed by atoms with Crippen molar-refractivity contribution >= 4 is 23.2 Å². The normalized spacial score (nSPS) is 10.3. The number of ether oxygens (including phenoxy) is 1. The summed E-state index contributed by atoms with van der Waals surface area (Å²) in [5.74, 6) is 0.753. The van der Waals surface area contributed by atoms with Crippen LogP contribution in [0.2, 0.25) is 5.02 Å². The van der Waals surface area contributed by atoms with Gasteiger partial charge in [-0.05, 0) is 25.1 Å². The molecule has 1 N–H and O–H groups in total. The van der Waals surface area contributed by atoms with Crippen LogP contribution in [0.4, 0.5) is 0 Å². The van der Waals surface area contributed by atoms with Crippen molar-refractivity contribution in [3.63, 3.8) is 0 Å². The lowest BCUT2D eigenvalue weighted by Gasteiger charge is -2.13. The molecule has 0 atom stereocenters. The first-order valence-corrected chi connectivity index (χ1v) is 6.35. The molecule has 1 aromatic carbocycles. The summed E-state index contributed by atoms with van der Waals surface area (Å²) in [6.45, 7) is 7.65. The molecule has 0 unspecified atom stereocenters. The van der Waals surface area contributed by atoms with E-state index in [4.69, 9.17) is 27.9 Å². The molecule has 0 radical (unpaired) electrons. The van der Waals surface area contributed by atoms with Crippen molar-refractivity contribution in [1.29, 1.82) is 0 Å². The van der Waals surface area contributed by atoms with E-state index in [0.717, 1.165) is 24.3 Å². The predicted molar refractivity (Wildman–Crippen MR) is 73.9 cm³/mol. The Labute approximate surface area is 113 Å². The fourth-order valence-corrected chi connectivity index (χ4v) is 1.68. The molecule has 1 aromatic rings. The van der Waals surface area contributed by atoms with Crippen molar-refractivity contribution in [2.45, 2.75) is 19.9 Å². The maximum absolute atomic E-state index is 6.15. The van der Waals surface area contributed by atoms with Crippen LogP contribution in [0.1, 0.15) is 18.9 Å². The van der Waals surface area contributed by atoms with Gasteiger partial charge in [0.15, 0.2) is 0 Å². The summed E-state index contributed by atoms with van der Waals surface area (Å²) in [7, 11) is 0. The maximum atomic E-state index is 6.15. The molecule has 0 aliphatic carbocycles. The molecular weight excluding hydrogens is 257 g/mol. The van der Waals surface area contributed by atoms with Crippen molar-refractivity contribution in [3.8, 4) is 5.75 Å². The Morgan fingerprint density at radius 2 is 2.24 bits per heavy atom. The first-order chi connectivity index (χ1) is 8.15. The van der Waals surface area contributed by atoms with E-state index in [0.29, 0.717) is 23.2 Å². The number of rotatable bonds is 7. The van der Waals surface area contributed by atoms with Gasteiger partial charge in [0.2, 0.25) is 0 Å². The molecule has 2 nitrogen and oxygen atoms in total. The molecule has 1 rings (SSSR count). The largest absolute Gasteiger partial charge is 0.488 e. The minimum atomic E-state index is 0.294. The van der Waals surface area contributed by atoms with Crippen LogP contribution in [0.3, 0.4) is 0 Å². The highest BCUT2D eigenvalue weighted by Crippen LogP contribution is 2.26. The Hall–Kier alpha value is -0.700. The standard InChI is InChI=1S/C13H17Cl2NO/c1-3-7-16-8-11-12(15)5-4-6-13(11)17-9-10(2)14/h4-6,16H,2-3,7-9H2,1H3. The summed E-state index contributed by atoms with van der Waals surface area (Å²) in [5.41, 5.74) is 0.959. The molecule has 0 aliphatic rings. The van der Waals surface area contributed by atoms with Gasteiger partial charge in [-0.3, -0.25) is 0 Å². The van der Waals surface area contributed by atoms with Gasteiger partial charge in [0.1, 0.15) is 12.4 Å². The molecular formula is C13H17Cl2NO. The molecule has 0 fully saturated rings. The zero-order chi connectivity index (χ0) is 12.7. The molecule has 94 valence electrons. The number of benzene rings is 1. The molecule has 0 amide bonds. The average Bonchev–Trinajstić information content (AvgIpc) is 2.29. The Morgan fingerprint density at radius 1 is 1.47 bits per heavy atom. The lowest BCUT2D eigenvalue weighted by atomic mass is 10.2. The summed E-state index contributed by atoms with van der Waals surface area (Å²) in [5, 5.41) is 4.47. The van der Waals surface area contributed by atoms with Gasteiger partial charge in [-0.2, -0.15) is 0 Å². The minimum absolute atomic E-state index is 0.294. The molecule has 0 saturated carbocycles. The number of halogens is 2. The van der Waals surface area contributed by atoms with Crippen molar-refractivity contribution in [2.75, 3.05) is 13.2 Å². The Kier molecular flexibility index (Phi) is 6.41. The minimum Gasteiger partial charge on any atom is -0.488 e. The van der Waals surface area contributed by atoms with Crippen molar-refractivity contribution in [3.05, 3.63) is 40.4 Å². The monoisotopic (exact) mass is 273 g/mol. The van der Waals surface area contributed by atoms with E-state index in [9.17, 15) is 0 Å². The molecule has 4 heteroatoms. The predicted octanol–water partition coefficient (Wildman–Crippen LogP) is 3.97. The van der Waals surface area contributed by atoms with Gasteiger partial charge < -0.3 is 10.1 Å². The first-order valence-electron chi connectivity index (χ1n) is 5.59. The molecule has 17 heavy (non-hydrogen) atoms. The van der Waals surface area contributed by atoms with Crippen molar-refractivity contribution in [2.24, 2.45) is 0 Å². The fraction of sp³-hybridized carbons (Fsp3) is 0.385. The summed E-state index contributed by atoms with van der Waals surface area (Å²) < 4.78 is 5.55. The molecule has 0 aliphatic heterocycles. The second kappa shape index (κ2) is 7.59. The topological polar surface area (TPSA) is 21.3 Å². The third-order valence-electron chi connectivity index (χ3n) is 2.19. The van der Waals surface area contributed by atoms with Crippen molar-refractivity contribution < 1.29 is 4.74 Å².